The summed E-state index contributed by atoms with van der Waals surface area (Å²) in [4.78, 5) is 39.4. The fraction of sp³-hybridized carbons (Fsp3) is 0.261. The highest BCUT2D eigenvalue weighted by molar-refractivity contribution is 6.14. The van der Waals surface area contributed by atoms with Crippen LogP contribution in [0.3, 0.4) is 0 Å². The first kappa shape index (κ1) is 22.7. The van der Waals surface area contributed by atoms with Gasteiger partial charge in [-0.1, -0.05) is 30.3 Å². The number of rotatable bonds is 9. The standard InChI is InChI=1S/C23H25NO6/c1-4-29-22(26)21(23(27)30-5-2)24(18-12-14-19(28-3)15-13-18)20(25)16-11-17-9-7-6-8-10-17/h6-16,21H,4-5H2,1-3H3/b16-11-. The molecule has 0 atom stereocenters. The third-order valence-electron chi connectivity index (χ3n) is 4.08. The number of amides is 1. The zero-order valence-corrected chi connectivity index (χ0v) is 17.2. The van der Waals surface area contributed by atoms with E-state index < -0.39 is 23.9 Å². The maximum Gasteiger partial charge on any atom is 0.341 e. The average molecular weight is 411 g/mol. The third-order valence-corrected chi connectivity index (χ3v) is 4.08. The summed E-state index contributed by atoms with van der Waals surface area (Å²) in [5.41, 5.74) is 1.12. The molecule has 0 saturated heterocycles. The van der Waals surface area contributed by atoms with Crippen molar-refractivity contribution in [2.45, 2.75) is 19.9 Å². The van der Waals surface area contributed by atoms with Crippen molar-refractivity contribution in [3.05, 3.63) is 66.2 Å². The van der Waals surface area contributed by atoms with Crippen LogP contribution in [-0.2, 0) is 23.9 Å². The molecule has 30 heavy (non-hydrogen) atoms. The Kier molecular flexibility index (Phi) is 8.62. The van der Waals surface area contributed by atoms with Crippen molar-refractivity contribution in [3.8, 4) is 5.75 Å². The monoisotopic (exact) mass is 411 g/mol. The molecule has 158 valence electrons. The lowest BCUT2D eigenvalue weighted by molar-refractivity contribution is -0.157. The first-order chi connectivity index (χ1) is 14.5. The van der Waals surface area contributed by atoms with Gasteiger partial charge in [0.05, 0.1) is 20.3 Å². The van der Waals surface area contributed by atoms with E-state index >= 15 is 0 Å². The van der Waals surface area contributed by atoms with Crippen molar-refractivity contribution < 1.29 is 28.6 Å². The largest absolute Gasteiger partial charge is 0.497 e. The minimum Gasteiger partial charge on any atom is -0.497 e. The molecule has 0 aliphatic heterocycles. The van der Waals surface area contributed by atoms with Crippen LogP contribution in [0.15, 0.2) is 60.7 Å². The maximum atomic E-state index is 13.1. The molecule has 0 aliphatic carbocycles. The summed E-state index contributed by atoms with van der Waals surface area (Å²) in [7, 11) is 1.51. The number of hydrogen-bond donors (Lipinski definition) is 0. The number of methoxy groups -OCH3 is 1. The Balaban J connectivity index is 2.48. The van der Waals surface area contributed by atoms with Crippen LogP contribution in [0.4, 0.5) is 5.69 Å². The van der Waals surface area contributed by atoms with Crippen molar-refractivity contribution in [2.75, 3.05) is 25.2 Å². The molecule has 7 nitrogen and oxygen atoms in total. The Bertz CT molecular complexity index is 858. The van der Waals surface area contributed by atoms with Gasteiger partial charge in [0.15, 0.2) is 0 Å². The van der Waals surface area contributed by atoms with Gasteiger partial charge >= 0.3 is 11.9 Å². The number of ether oxygens (including phenoxy) is 3. The predicted molar refractivity (Wildman–Crippen MR) is 113 cm³/mol. The fourth-order valence-electron chi connectivity index (χ4n) is 2.71. The smallest absolute Gasteiger partial charge is 0.341 e. The number of hydrogen-bond acceptors (Lipinski definition) is 6. The summed E-state index contributed by atoms with van der Waals surface area (Å²) >= 11 is 0. The van der Waals surface area contributed by atoms with Crippen molar-refractivity contribution >= 4 is 29.6 Å². The summed E-state index contributed by atoms with van der Waals surface area (Å²) in [6.07, 6.45) is 2.90. The number of carbonyl (C=O) groups is 3. The van der Waals surface area contributed by atoms with Crippen LogP contribution in [0.5, 0.6) is 5.75 Å². The number of benzene rings is 2. The summed E-state index contributed by atoms with van der Waals surface area (Å²) in [6, 6.07) is 14.0. The molecule has 0 fully saturated rings. The van der Waals surface area contributed by atoms with Gasteiger partial charge in [-0.05, 0) is 49.8 Å². The van der Waals surface area contributed by atoms with E-state index in [4.69, 9.17) is 14.2 Å². The summed E-state index contributed by atoms with van der Waals surface area (Å²) in [5, 5.41) is 0. The molecule has 0 heterocycles. The van der Waals surface area contributed by atoms with Gasteiger partial charge < -0.3 is 14.2 Å². The van der Waals surface area contributed by atoms with Crippen LogP contribution < -0.4 is 9.64 Å². The zero-order valence-electron chi connectivity index (χ0n) is 17.2. The van der Waals surface area contributed by atoms with Gasteiger partial charge in [0.25, 0.3) is 5.91 Å². The Labute approximate surface area is 175 Å². The molecule has 0 N–H and O–H groups in total. The van der Waals surface area contributed by atoms with Gasteiger partial charge in [0.1, 0.15) is 5.75 Å². The van der Waals surface area contributed by atoms with Crippen molar-refractivity contribution in [1.29, 1.82) is 0 Å². The average Bonchev–Trinajstić information content (AvgIpc) is 2.76. The Morgan fingerprint density at radius 2 is 1.47 bits per heavy atom. The van der Waals surface area contributed by atoms with Crippen LogP contribution in [0.1, 0.15) is 19.4 Å². The molecule has 2 aromatic rings. The van der Waals surface area contributed by atoms with E-state index in [1.807, 2.05) is 30.3 Å². The van der Waals surface area contributed by atoms with Crippen LogP contribution >= 0.6 is 0 Å². The topological polar surface area (TPSA) is 82.1 Å². The predicted octanol–water partition coefficient (Wildman–Crippen LogP) is 3.24. The molecule has 1 amide bonds. The van der Waals surface area contributed by atoms with E-state index in [9.17, 15) is 14.4 Å². The van der Waals surface area contributed by atoms with Gasteiger partial charge in [0, 0.05) is 11.8 Å². The van der Waals surface area contributed by atoms with Gasteiger partial charge in [0.2, 0.25) is 6.04 Å². The Morgan fingerprint density at radius 1 is 0.900 bits per heavy atom. The Hall–Kier alpha value is -3.61. The first-order valence-electron chi connectivity index (χ1n) is 9.55. The van der Waals surface area contributed by atoms with Crippen LogP contribution in [0.25, 0.3) is 6.08 Å². The molecule has 7 heteroatoms. The quantitative estimate of drug-likeness (QED) is 0.358. The molecule has 0 saturated carbocycles. The van der Waals surface area contributed by atoms with Crippen molar-refractivity contribution in [3.63, 3.8) is 0 Å². The minimum atomic E-state index is -1.58. The molecule has 2 aromatic carbocycles. The van der Waals surface area contributed by atoms with Crippen LogP contribution in [0, 0.1) is 0 Å². The van der Waals surface area contributed by atoms with Crippen LogP contribution in [-0.4, -0.2) is 44.2 Å². The SMILES string of the molecule is CCOC(=O)C(C(=O)OCC)N(C(=O)/C=C\c1ccccc1)c1ccc(OC)cc1. The highest BCUT2D eigenvalue weighted by atomic mass is 16.6. The van der Waals surface area contributed by atoms with E-state index in [1.165, 1.54) is 13.2 Å². The first-order valence-corrected chi connectivity index (χ1v) is 9.55. The molecule has 0 unspecified atom stereocenters. The lowest BCUT2D eigenvalue weighted by Gasteiger charge is -2.28. The second kappa shape index (κ2) is 11.4. The van der Waals surface area contributed by atoms with E-state index in [-0.39, 0.29) is 13.2 Å². The molecule has 2 rings (SSSR count). The molecule has 0 bridgehead atoms. The molecular weight excluding hydrogens is 386 g/mol. The maximum absolute atomic E-state index is 13.1. The second-order valence-corrected chi connectivity index (χ2v) is 6.06. The normalized spacial score (nSPS) is 10.7. The molecular formula is C23H25NO6. The molecule has 0 radical (unpaired) electrons. The summed E-state index contributed by atoms with van der Waals surface area (Å²) in [6.45, 7) is 3.35. The third kappa shape index (κ3) is 5.94. The summed E-state index contributed by atoms with van der Waals surface area (Å²) in [5.74, 6) is -1.74. The van der Waals surface area contributed by atoms with Crippen molar-refractivity contribution in [2.24, 2.45) is 0 Å². The van der Waals surface area contributed by atoms with Crippen molar-refractivity contribution in [1.82, 2.24) is 0 Å². The number of carbonyl (C=O) groups excluding carboxylic acids is 3. The molecule has 0 spiro atoms. The Morgan fingerprint density at radius 3 is 1.97 bits per heavy atom. The lowest BCUT2D eigenvalue weighted by atomic mass is 10.1. The highest BCUT2D eigenvalue weighted by Crippen LogP contribution is 2.23. The molecule has 0 aliphatic rings. The number of nitrogens with zero attached hydrogens (tertiary/aromatic N) is 1. The van der Waals surface area contributed by atoms with E-state index in [1.54, 1.807) is 44.2 Å². The highest BCUT2D eigenvalue weighted by Gasteiger charge is 2.39. The fourth-order valence-corrected chi connectivity index (χ4v) is 2.71. The second-order valence-electron chi connectivity index (χ2n) is 6.06. The lowest BCUT2D eigenvalue weighted by Crippen LogP contribution is -2.51. The van der Waals surface area contributed by atoms with Gasteiger partial charge in [-0.3, -0.25) is 9.69 Å². The van der Waals surface area contributed by atoms with Gasteiger partial charge in [-0.25, -0.2) is 9.59 Å². The van der Waals surface area contributed by atoms with Crippen LogP contribution in [0.2, 0.25) is 0 Å². The van der Waals surface area contributed by atoms with E-state index in [2.05, 4.69) is 0 Å². The minimum absolute atomic E-state index is 0.0548. The van der Waals surface area contributed by atoms with Gasteiger partial charge in [-0.2, -0.15) is 0 Å². The summed E-state index contributed by atoms with van der Waals surface area (Å²) < 4.78 is 15.2. The number of esters is 2. The number of anilines is 1. The zero-order chi connectivity index (χ0) is 21.9. The van der Waals surface area contributed by atoms with E-state index in [0.717, 1.165) is 10.5 Å². The van der Waals surface area contributed by atoms with Gasteiger partial charge in [-0.15, -0.1) is 0 Å². The molecule has 0 aromatic heterocycles. The van der Waals surface area contributed by atoms with E-state index in [0.29, 0.717) is 11.4 Å².